The maximum atomic E-state index is 11.0. The van der Waals surface area contributed by atoms with E-state index < -0.39 is 10.1 Å². The zero-order valence-corrected chi connectivity index (χ0v) is 9.48. The molecule has 1 aromatic carbocycles. The fraction of sp³-hybridized carbons (Fsp3) is 0.400. The van der Waals surface area contributed by atoms with E-state index in [2.05, 4.69) is 0 Å². The van der Waals surface area contributed by atoms with Gasteiger partial charge >= 0.3 is 59.1 Å². The first-order chi connectivity index (χ1) is 7.57. The van der Waals surface area contributed by atoms with Crippen LogP contribution in [-0.2, 0) is 14.9 Å². The zero-order chi connectivity index (χ0) is 11.6. The second-order valence-electron chi connectivity index (χ2n) is 3.57. The van der Waals surface area contributed by atoms with Crippen LogP contribution in [0.2, 0.25) is 0 Å². The molecule has 0 amide bonds. The van der Waals surface area contributed by atoms with Gasteiger partial charge in [-0.3, -0.25) is 4.55 Å². The van der Waals surface area contributed by atoms with Crippen molar-refractivity contribution in [2.24, 2.45) is 0 Å². The average molecular weight is 291 g/mol. The Morgan fingerprint density at radius 1 is 1.17 bits per heavy atom. The van der Waals surface area contributed by atoms with Gasteiger partial charge in [0.2, 0.25) is 0 Å². The Labute approximate surface area is 151 Å². The van der Waals surface area contributed by atoms with Crippen molar-refractivity contribution >= 4 is 74.9 Å². The van der Waals surface area contributed by atoms with Gasteiger partial charge in [-0.2, -0.15) is 8.42 Å². The Morgan fingerprint density at radius 3 is 2.33 bits per heavy atom. The number of benzene rings is 1. The number of anilines is 1. The summed E-state index contributed by atoms with van der Waals surface area (Å²) in [6.45, 7) is 2.73. The molecule has 0 spiro atoms. The number of hydrogen-bond donors (Lipinski definition) is 1. The summed E-state index contributed by atoms with van der Waals surface area (Å²) in [5.41, 5.74) is 0.790. The second kappa shape index (κ2) is 8.24. The predicted molar refractivity (Wildman–Crippen MR) is 73.6 cm³/mol. The molecule has 1 saturated heterocycles. The van der Waals surface area contributed by atoms with Gasteiger partial charge in [0.05, 0.1) is 18.1 Å². The van der Waals surface area contributed by atoms with E-state index in [9.17, 15) is 8.42 Å². The van der Waals surface area contributed by atoms with Crippen molar-refractivity contribution in [1.29, 1.82) is 0 Å². The molecule has 0 aliphatic carbocycles. The fourth-order valence-electron chi connectivity index (χ4n) is 1.66. The van der Waals surface area contributed by atoms with Gasteiger partial charge in [0.1, 0.15) is 0 Å². The van der Waals surface area contributed by atoms with Crippen LogP contribution in [0, 0.1) is 0 Å². The molecule has 0 radical (unpaired) electrons. The minimum absolute atomic E-state index is 0. The molecule has 1 N–H and O–H groups in total. The third kappa shape index (κ3) is 5.11. The van der Waals surface area contributed by atoms with Gasteiger partial charge < -0.3 is 9.64 Å². The molecule has 92 valence electrons. The number of ether oxygens (including phenoxy) is 1. The van der Waals surface area contributed by atoms with Crippen LogP contribution in [0.25, 0.3) is 0 Å². The van der Waals surface area contributed by atoms with Crippen molar-refractivity contribution in [3.63, 3.8) is 0 Å². The molecule has 0 aromatic heterocycles. The van der Waals surface area contributed by atoms with E-state index in [0.29, 0.717) is 13.2 Å². The molecular weight excluding hydrogens is 276 g/mol. The Morgan fingerprint density at radius 2 is 1.78 bits per heavy atom. The van der Waals surface area contributed by atoms with Crippen molar-refractivity contribution < 1.29 is 17.7 Å². The van der Waals surface area contributed by atoms with Gasteiger partial charge in [0.25, 0.3) is 10.1 Å². The van der Waals surface area contributed by atoms with E-state index >= 15 is 0 Å². The molecule has 1 heterocycles. The summed E-state index contributed by atoms with van der Waals surface area (Å²) in [7, 11) is -4.12. The summed E-state index contributed by atoms with van der Waals surface area (Å²) < 4.78 is 36.1. The number of rotatable bonds is 2. The van der Waals surface area contributed by atoms with Gasteiger partial charge in [-0.1, -0.05) is 6.07 Å². The molecule has 1 fully saturated rings. The molecular formula is C10H15NNa2O4S. The maximum absolute atomic E-state index is 11.0. The third-order valence-corrected chi connectivity index (χ3v) is 3.34. The van der Waals surface area contributed by atoms with Crippen LogP contribution in [0.5, 0.6) is 0 Å². The summed E-state index contributed by atoms with van der Waals surface area (Å²) in [5.74, 6) is 0. The van der Waals surface area contributed by atoms with E-state index in [-0.39, 0.29) is 64.0 Å². The van der Waals surface area contributed by atoms with Crippen molar-refractivity contribution in [2.45, 2.75) is 4.90 Å². The minimum atomic E-state index is -4.12. The SMILES string of the molecule is O=S(=O)(O)c1cccc(N2CCOCC2)c1.[NaH].[NaH]. The molecule has 5 nitrogen and oxygen atoms in total. The first-order valence-electron chi connectivity index (χ1n) is 4.97. The van der Waals surface area contributed by atoms with Crippen molar-refractivity contribution in [3.8, 4) is 0 Å². The van der Waals surface area contributed by atoms with E-state index in [1.54, 1.807) is 6.07 Å². The van der Waals surface area contributed by atoms with Crippen LogP contribution in [0.15, 0.2) is 29.2 Å². The average Bonchev–Trinajstić information content (AvgIpc) is 2.29. The van der Waals surface area contributed by atoms with Crippen LogP contribution in [-0.4, -0.2) is 98.4 Å². The summed E-state index contributed by atoms with van der Waals surface area (Å²) in [4.78, 5) is 1.95. The molecule has 8 heteroatoms. The molecule has 0 unspecified atom stereocenters. The van der Waals surface area contributed by atoms with E-state index in [1.807, 2.05) is 11.0 Å². The number of hydrogen-bond acceptors (Lipinski definition) is 4. The van der Waals surface area contributed by atoms with Crippen LogP contribution in [0.3, 0.4) is 0 Å². The quantitative estimate of drug-likeness (QED) is 0.586. The Hall–Kier alpha value is 0.890. The first-order valence-corrected chi connectivity index (χ1v) is 6.41. The van der Waals surface area contributed by atoms with Crippen molar-refractivity contribution in [2.75, 3.05) is 31.2 Å². The molecule has 18 heavy (non-hydrogen) atoms. The molecule has 0 saturated carbocycles. The topological polar surface area (TPSA) is 66.8 Å². The van der Waals surface area contributed by atoms with Crippen molar-refractivity contribution in [3.05, 3.63) is 24.3 Å². The molecule has 0 atom stereocenters. The molecule has 2 rings (SSSR count). The summed E-state index contributed by atoms with van der Waals surface area (Å²) in [5, 5.41) is 0. The fourth-order valence-corrected chi connectivity index (χ4v) is 2.18. The standard InChI is InChI=1S/C10H13NO4S.2Na.2H/c12-16(13,14)10-3-1-2-9(8-10)11-4-6-15-7-5-11;;;;/h1-3,8H,4-7H2,(H,12,13,14);;;;. The van der Waals surface area contributed by atoms with Crippen LogP contribution >= 0.6 is 0 Å². The van der Waals surface area contributed by atoms with Gasteiger partial charge in [0, 0.05) is 18.8 Å². The van der Waals surface area contributed by atoms with Gasteiger partial charge in [-0.25, -0.2) is 0 Å². The number of nitrogens with zero attached hydrogens (tertiary/aromatic N) is 1. The Balaban J connectivity index is 0.00000144. The number of morpholine rings is 1. The monoisotopic (exact) mass is 291 g/mol. The normalized spacial score (nSPS) is 15.5. The predicted octanol–water partition coefficient (Wildman–Crippen LogP) is -0.527. The van der Waals surface area contributed by atoms with Gasteiger partial charge in [0.15, 0.2) is 0 Å². The van der Waals surface area contributed by atoms with Gasteiger partial charge in [-0.15, -0.1) is 0 Å². The summed E-state index contributed by atoms with van der Waals surface area (Å²) in [6.07, 6.45) is 0. The molecule has 1 aromatic rings. The summed E-state index contributed by atoms with van der Waals surface area (Å²) >= 11 is 0. The van der Waals surface area contributed by atoms with Crippen molar-refractivity contribution in [1.82, 2.24) is 0 Å². The van der Waals surface area contributed by atoms with E-state index in [1.165, 1.54) is 12.1 Å². The molecule has 1 aliphatic rings. The van der Waals surface area contributed by atoms with Crippen LogP contribution < -0.4 is 4.90 Å². The first kappa shape index (κ1) is 18.9. The Kier molecular flexibility index (Phi) is 8.65. The summed E-state index contributed by atoms with van der Waals surface area (Å²) in [6, 6.07) is 6.29. The second-order valence-corrected chi connectivity index (χ2v) is 4.99. The zero-order valence-electron chi connectivity index (χ0n) is 8.67. The van der Waals surface area contributed by atoms with Gasteiger partial charge in [-0.05, 0) is 18.2 Å². The van der Waals surface area contributed by atoms with E-state index in [0.717, 1.165) is 18.8 Å². The molecule has 1 aliphatic heterocycles. The third-order valence-electron chi connectivity index (χ3n) is 2.49. The van der Waals surface area contributed by atoms with E-state index in [4.69, 9.17) is 9.29 Å². The Bertz CT molecular complexity index is 475. The van der Waals surface area contributed by atoms with Crippen LogP contribution in [0.4, 0.5) is 5.69 Å². The molecule has 0 bridgehead atoms. The van der Waals surface area contributed by atoms with Crippen LogP contribution in [0.1, 0.15) is 0 Å².